The highest BCUT2D eigenvalue weighted by atomic mass is 16.1. The van der Waals surface area contributed by atoms with Crippen LogP contribution < -0.4 is 5.32 Å². The highest BCUT2D eigenvalue weighted by Crippen LogP contribution is 2.25. The van der Waals surface area contributed by atoms with Crippen molar-refractivity contribution in [3.8, 4) is 0 Å². The molecule has 0 bridgehead atoms. The average Bonchev–Trinajstić information content (AvgIpc) is 2.51. The lowest BCUT2D eigenvalue weighted by molar-refractivity contribution is -0.114. The van der Waals surface area contributed by atoms with Crippen molar-refractivity contribution in [2.45, 2.75) is 51.5 Å². The van der Waals surface area contributed by atoms with Crippen LogP contribution in [-0.4, -0.2) is 11.8 Å². The zero-order valence-corrected chi connectivity index (χ0v) is 8.88. The molecule has 0 aliphatic heterocycles. The molecule has 1 saturated carbocycles. The van der Waals surface area contributed by atoms with E-state index in [1.807, 2.05) is 0 Å². The minimum Gasteiger partial charge on any atom is -0.385 e. The number of nitrogens with one attached hydrogen (secondary N) is 1. The molecule has 0 aromatic rings. The fourth-order valence-electron chi connectivity index (χ4n) is 2.54. The lowest BCUT2D eigenvalue weighted by Gasteiger charge is -2.28. The second kappa shape index (κ2) is 4.16. The van der Waals surface area contributed by atoms with Gasteiger partial charge in [-0.2, -0.15) is 0 Å². The molecule has 1 N–H and O–H groups in total. The maximum Gasteiger partial charge on any atom is 0.157 e. The van der Waals surface area contributed by atoms with Gasteiger partial charge in [-0.05, 0) is 25.2 Å². The number of carbonyl (C=O) groups excluding carboxylic acids is 1. The van der Waals surface area contributed by atoms with Gasteiger partial charge in [-0.3, -0.25) is 4.79 Å². The molecule has 2 rings (SSSR count). The van der Waals surface area contributed by atoms with E-state index in [2.05, 4.69) is 12.2 Å². The summed E-state index contributed by atoms with van der Waals surface area (Å²) in [5.74, 6) is 1.13. The third-order valence-electron chi connectivity index (χ3n) is 3.30. The molecule has 2 aliphatic rings. The van der Waals surface area contributed by atoms with Crippen LogP contribution >= 0.6 is 0 Å². The van der Waals surface area contributed by atoms with Crippen molar-refractivity contribution in [3.05, 3.63) is 11.8 Å². The summed E-state index contributed by atoms with van der Waals surface area (Å²) in [5.41, 5.74) is 1.18. The molecule has 0 aromatic heterocycles. The minimum atomic E-state index is 0.288. The molecule has 0 spiro atoms. The Kier molecular flexibility index (Phi) is 2.90. The zero-order chi connectivity index (χ0) is 9.97. The van der Waals surface area contributed by atoms with E-state index in [-0.39, 0.29) is 5.78 Å². The second-order valence-corrected chi connectivity index (χ2v) is 4.75. The Bertz CT molecular complexity index is 257. The van der Waals surface area contributed by atoms with Gasteiger partial charge in [0.1, 0.15) is 0 Å². The zero-order valence-electron chi connectivity index (χ0n) is 8.88. The minimum absolute atomic E-state index is 0.288. The van der Waals surface area contributed by atoms with Crippen LogP contribution in [0.25, 0.3) is 0 Å². The van der Waals surface area contributed by atoms with Crippen molar-refractivity contribution >= 4 is 5.78 Å². The Morgan fingerprint density at radius 3 is 2.86 bits per heavy atom. The average molecular weight is 193 g/mol. The van der Waals surface area contributed by atoms with Crippen LogP contribution in [0.3, 0.4) is 0 Å². The first kappa shape index (κ1) is 9.75. The van der Waals surface area contributed by atoms with Crippen LogP contribution in [0.2, 0.25) is 0 Å². The molecular formula is C12H19NO. The molecule has 2 aliphatic carbocycles. The quantitative estimate of drug-likeness (QED) is 0.729. The predicted molar refractivity (Wildman–Crippen MR) is 56.9 cm³/mol. The lowest BCUT2D eigenvalue weighted by atomic mass is 9.87. The Morgan fingerprint density at radius 2 is 2.21 bits per heavy atom. The topological polar surface area (TPSA) is 29.1 Å². The van der Waals surface area contributed by atoms with Crippen molar-refractivity contribution in [2.24, 2.45) is 5.92 Å². The summed E-state index contributed by atoms with van der Waals surface area (Å²) in [7, 11) is 0. The monoisotopic (exact) mass is 193 g/mol. The summed E-state index contributed by atoms with van der Waals surface area (Å²) in [5, 5.41) is 3.52. The number of rotatable bonds is 2. The van der Waals surface area contributed by atoms with Gasteiger partial charge in [0.15, 0.2) is 5.78 Å². The van der Waals surface area contributed by atoms with Gasteiger partial charge in [-0.15, -0.1) is 0 Å². The molecule has 0 amide bonds. The molecule has 14 heavy (non-hydrogen) atoms. The molecule has 0 heterocycles. The Labute approximate surface area is 85.8 Å². The van der Waals surface area contributed by atoms with Crippen LogP contribution in [0.4, 0.5) is 0 Å². The van der Waals surface area contributed by atoms with Crippen molar-refractivity contribution < 1.29 is 4.79 Å². The maximum absolute atomic E-state index is 11.0. The largest absolute Gasteiger partial charge is 0.385 e. The van der Waals surface area contributed by atoms with Gasteiger partial charge >= 0.3 is 0 Å². The first-order chi connectivity index (χ1) is 6.74. The summed E-state index contributed by atoms with van der Waals surface area (Å²) < 4.78 is 0. The SMILES string of the molecule is CC1CCCC(NC2=CC(=O)CC2)C1. The van der Waals surface area contributed by atoms with Crippen molar-refractivity contribution in [2.75, 3.05) is 0 Å². The molecular weight excluding hydrogens is 174 g/mol. The highest BCUT2D eigenvalue weighted by Gasteiger charge is 2.21. The first-order valence-corrected chi connectivity index (χ1v) is 5.74. The Hall–Kier alpha value is -0.790. The van der Waals surface area contributed by atoms with Crippen LogP contribution in [-0.2, 0) is 4.79 Å². The number of hydrogen-bond acceptors (Lipinski definition) is 2. The van der Waals surface area contributed by atoms with E-state index >= 15 is 0 Å². The molecule has 0 saturated heterocycles. The fourth-order valence-corrected chi connectivity index (χ4v) is 2.54. The van der Waals surface area contributed by atoms with Gasteiger partial charge in [0, 0.05) is 24.2 Å². The first-order valence-electron chi connectivity index (χ1n) is 5.74. The molecule has 78 valence electrons. The van der Waals surface area contributed by atoms with Crippen molar-refractivity contribution in [1.29, 1.82) is 0 Å². The summed E-state index contributed by atoms with van der Waals surface area (Å²) >= 11 is 0. The van der Waals surface area contributed by atoms with Crippen molar-refractivity contribution in [1.82, 2.24) is 5.32 Å². The van der Waals surface area contributed by atoms with Crippen LogP contribution in [0.15, 0.2) is 11.8 Å². The summed E-state index contributed by atoms with van der Waals surface area (Å²) in [4.78, 5) is 11.0. The number of ketones is 1. The molecule has 0 radical (unpaired) electrons. The standard InChI is InChI=1S/C12H19NO/c1-9-3-2-4-10(7-9)13-11-5-6-12(14)8-11/h8-10,13H,2-7H2,1H3. The molecule has 2 heteroatoms. The van der Waals surface area contributed by atoms with Crippen LogP contribution in [0, 0.1) is 5.92 Å². The van der Waals surface area contributed by atoms with E-state index in [4.69, 9.17) is 0 Å². The van der Waals surface area contributed by atoms with E-state index in [0.717, 1.165) is 12.3 Å². The Balaban J connectivity index is 1.85. The van der Waals surface area contributed by atoms with E-state index < -0.39 is 0 Å². The number of hydrogen-bond donors (Lipinski definition) is 1. The lowest BCUT2D eigenvalue weighted by Crippen LogP contribution is -2.32. The van der Waals surface area contributed by atoms with Gasteiger partial charge in [0.25, 0.3) is 0 Å². The number of allylic oxidation sites excluding steroid dienone is 2. The maximum atomic E-state index is 11.0. The Morgan fingerprint density at radius 1 is 1.36 bits per heavy atom. The van der Waals surface area contributed by atoms with Crippen LogP contribution in [0.1, 0.15) is 45.4 Å². The highest BCUT2D eigenvalue weighted by molar-refractivity contribution is 5.92. The van der Waals surface area contributed by atoms with Gasteiger partial charge in [0.05, 0.1) is 0 Å². The number of carbonyl (C=O) groups is 1. The van der Waals surface area contributed by atoms with E-state index in [9.17, 15) is 4.79 Å². The van der Waals surface area contributed by atoms with Crippen LogP contribution in [0.5, 0.6) is 0 Å². The predicted octanol–water partition coefficient (Wildman–Crippen LogP) is 2.40. The summed E-state index contributed by atoms with van der Waals surface area (Å²) in [6.07, 6.45) is 8.69. The third-order valence-corrected chi connectivity index (χ3v) is 3.30. The molecule has 2 nitrogen and oxygen atoms in total. The summed E-state index contributed by atoms with van der Waals surface area (Å²) in [6.45, 7) is 2.32. The molecule has 2 unspecified atom stereocenters. The smallest absolute Gasteiger partial charge is 0.157 e. The normalized spacial score (nSPS) is 32.9. The molecule has 2 atom stereocenters. The second-order valence-electron chi connectivity index (χ2n) is 4.75. The van der Waals surface area contributed by atoms with E-state index in [0.29, 0.717) is 12.5 Å². The summed E-state index contributed by atoms with van der Waals surface area (Å²) in [6, 6.07) is 0.621. The van der Waals surface area contributed by atoms with E-state index in [1.54, 1.807) is 6.08 Å². The van der Waals surface area contributed by atoms with E-state index in [1.165, 1.54) is 31.4 Å². The van der Waals surface area contributed by atoms with Gasteiger partial charge in [0.2, 0.25) is 0 Å². The molecule has 1 fully saturated rings. The van der Waals surface area contributed by atoms with Crippen molar-refractivity contribution in [3.63, 3.8) is 0 Å². The van der Waals surface area contributed by atoms with Gasteiger partial charge < -0.3 is 5.32 Å². The van der Waals surface area contributed by atoms with Gasteiger partial charge in [-0.25, -0.2) is 0 Å². The third kappa shape index (κ3) is 2.37. The fraction of sp³-hybridized carbons (Fsp3) is 0.750. The molecule has 0 aromatic carbocycles. The van der Waals surface area contributed by atoms with Gasteiger partial charge in [-0.1, -0.05) is 19.8 Å².